The Balaban J connectivity index is 3.51. The van der Waals surface area contributed by atoms with Gasteiger partial charge in [-0.05, 0) is 20.3 Å². The van der Waals surface area contributed by atoms with Crippen LogP contribution in [0.2, 0.25) is 0 Å². The second-order valence-corrected chi connectivity index (χ2v) is 6.10. The number of nitrogens with one attached hydrogen (secondary N) is 2. The van der Waals surface area contributed by atoms with Crippen LogP contribution in [0, 0.1) is 11.8 Å². The van der Waals surface area contributed by atoms with Gasteiger partial charge in [0.15, 0.2) is 0 Å². The minimum Gasteiger partial charge on any atom is -0.380 e. The van der Waals surface area contributed by atoms with Gasteiger partial charge in [-0.15, -0.1) is 0 Å². The second-order valence-electron chi connectivity index (χ2n) is 6.10. The van der Waals surface area contributed by atoms with Gasteiger partial charge >= 0.3 is 0 Å². The average Bonchev–Trinajstić information content (AvgIpc) is 2.49. The molecule has 0 aliphatic rings. The summed E-state index contributed by atoms with van der Waals surface area (Å²) >= 11 is 0. The Hall–Kier alpha value is -1.76. The largest absolute Gasteiger partial charge is 0.380 e. The highest BCUT2D eigenvalue weighted by atomic mass is 16.5. The number of carbonyl (C=O) groups excluding carboxylic acids is 4. The van der Waals surface area contributed by atoms with E-state index >= 15 is 0 Å². The summed E-state index contributed by atoms with van der Waals surface area (Å²) in [6.45, 7) is 8.15. The predicted octanol–water partition coefficient (Wildman–Crippen LogP) is 0.856. The van der Waals surface area contributed by atoms with Crippen LogP contribution in [0.25, 0.3) is 0 Å². The molecule has 0 bridgehead atoms. The molecule has 0 heterocycles. The highest BCUT2D eigenvalue weighted by molar-refractivity contribution is 5.85. The summed E-state index contributed by atoms with van der Waals surface area (Å²) in [5.74, 6) is -0.803. The average molecular weight is 342 g/mol. The number of ketones is 2. The van der Waals surface area contributed by atoms with Gasteiger partial charge in [0.1, 0.15) is 11.6 Å². The molecule has 0 spiro atoms. The Bertz CT molecular complexity index is 397. The van der Waals surface area contributed by atoms with Crippen LogP contribution in [0.3, 0.4) is 0 Å². The summed E-state index contributed by atoms with van der Waals surface area (Å²) in [5.41, 5.74) is 0. The van der Waals surface area contributed by atoms with Crippen molar-refractivity contribution in [3.63, 3.8) is 0 Å². The van der Waals surface area contributed by atoms with Gasteiger partial charge in [-0.25, -0.2) is 0 Å². The van der Waals surface area contributed by atoms with Crippen LogP contribution in [-0.2, 0) is 23.9 Å². The Morgan fingerprint density at radius 3 is 1.71 bits per heavy atom. The lowest BCUT2D eigenvalue weighted by atomic mass is 10.0. The number of ether oxygens (including phenoxy) is 1. The fourth-order valence-electron chi connectivity index (χ4n) is 1.75. The van der Waals surface area contributed by atoms with Gasteiger partial charge < -0.3 is 15.4 Å². The van der Waals surface area contributed by atoms with Crippen molar-refractivity contribution in [2.75, 3.05) is 26.3 Å². The van der Waals surface area contributed by atoms with E-state index in [4.69, 9.17) is 4.74 Å². The normalized spacial score (nSPS) is 13.0. The molecule has 0 fully saturated rings. The molecule has 0 aliphatic carbocycles. The molecule has 0 rings (SSSR count). The molecule has 0 radical (unpaired) electrons. The third kappa shape index (κ3) is 11.8. The molecule has 7 nitrogen and oxygen atoms in total. The molecule has 0 saturated heterocycles. The molecule has 2 atom stereocenters. The number of carbonyl (C=O) groups is 4. The summed E-state index contributed by atoms with van der Waals surface area (Å²) in [6.07, 6.45) is 1.07. The summed E-state index contributed by atoms with van der Waals surface area (Å²) in [5, 5.41) is 5.43. The third-order valence-corrected chi connectivity index (χ3v) is 3.73. The Labute approximate surface area is 143 Å². The number of hydrogen-bond acceptors (Lipinski definition) is 5. The van der Waals surface area contributed by atoms with E-state index in [-0.39, 0.29) is 48.1 Å². The highest BCUT2D eigenvalue weighted by Crippen LogP contribution is 2.02. The molecule has 24 heavy (non-hydrogen) atoms. The quantitative estimate of drug-likeness (QED) is 0.483. The molecule has 0 aromatic heterocycles. The Morgan fingerprint density at radius 1 is 0.792 bits per heavy atom. The van der Waals surface area contributed by atoms with Crippen LogP contribution in [0.5, 0.6) is 0 Å². The van der Waals surface area contributed by atoms with Crippen LogP contribution in [-0.4, -0.2) is 49.7 Å². The fraction of sp³-hybridized carbons (Fsp3) is 0.765. The van der Waals surface area contributed by atoms with Crippen molar-refractivity contribution in [2.24, 2.45) is 11.8 Å². The maximum atomic E-state index is 11.5. The first-order chi connectivity index (χ1) is 11.2. The first-order valence-corrected chi connectivity index (χ1v) is 8.36. The van der Waals surface area contributed by atoms with Crippen molar-refractivity contribution in [3.8, 4) is 0 Å². The van der Waals surface area contributed by atoms with Gasteiger partial charge in [0.2, 0.25) is 11.8 Å². The molecule has 0 aliphatic heterocycles. The number of rotatable bonds is 13. The van der Waals surface area contributed by atoms with Crippen molar-refractivity contribution < 1.29 is 23.9 Å². The monoisotopic (exact) mass is 342 g/mol. The van der Waals surface area contributed by atoms with E-state index in [1.807, 2.05) is 0 Å². The highest BCUT2D eigenvalue weighted by Gasteiger charge is 2.13. The zero-order valence-electron chi connectivity index (χ0n) is 15.1. The van der Waals surface area contributed by atoms with E-state index in [0.717, 1.165) is 0 Å². The number of amides is 2. The van der Waals surface area contributed by atoms with E-state index in [1.165, 1.54) is 13.8 Å². The van der Waals surface area contributed by atoms with Gasteiger partial charge in [-0.3, -0.25) is 19.2 Å². The minimum absolute atomic E-state index is 0.00106. The third-order valence-electron chi connectivity index (χ3n) is 3.73. The van der Waals surface area contributed by atoms with Crippen molar-refractivity contribution >= 4 is 23.4 Å². The van der Waals surface area contributed by atoms with E-state index in [2.05, 4.69) is 10.6 Å². The van der Waals surface area contributed by atoms with Crippen molar-refractivity contribution in [1.82, 2.24) is 10.6 Å². The first kappa shape index (κ1) is 22.2. The van der Waals surface area contributed by atoms with E-state index in [1.54, 1.807) is 13.8 Å². The Morgan fingerprint density at radius 2 is 1.25 bits per heavy atom. The molecule has 0 aromatic rings. The lowest BCUT2D eigenvalue weighted by Gasteiger charge is -2.10. The van der Waals surface area contributed by atoms with Crippen LogP contribution in [0.15, 0.2) is 0 Å². The van der Waals surface area contributed by atoms with Crippen LogP contribution in [0.4, 0.5) is 0 Å². The van der Waals surface area contributed by atoms with Crippen molar-refractivity contribution in [3.05, 3.63) is 0 Å². The SMILES string of the molecule is CC(=O)C(C)CC(=O)NCCCOCCNC(=O)CC(C)C(C)=O. The second kappa shape index (κ2) is 12.6. The molecule has 7 heteroatoms. The van der Waals surface area contributed by atoms with Gasteiger partial charge in [0, 0.05) is 44.4 Å². The summed E-state index contributed by atoms with van der Waals surface area (Å²) in [6, 6.07) is 0. The maximum Gasteiger partial charge on any atom is 0.220 e. The molecular weight excluding hydrogens is 312 g/mol. The van der Waals surface area contributed by atoms with Crippen molar-refractivity contribution in [1.29, 1.82) is 0 Å². The first-order valence-electron chi connectivity index (χ1n) is 8.36. The van der Waals surface area contributed by atoms with Crippen LogP contribution in [0.1, 0.15) is 47.0 Å². The zero-order valence-corrected chi connectivity index (χ0v) is 15.1. The topological polar surface area (TPSA) is 102 Å². The zero-order chi connectivity index (χ0) is 18.5. The lowest BCUT2D eigenvalue weighted by Crippen LogP contribution is -2.30. The number of Topliss-reactive ketones (excluding diaryl/α,β-unsaturated/α-hetero) is 2. The predicted molar refractivity (Wildman–Crippen MR) is 90.4 cm³/mol. The smallest absolute Gasteiger partial charge is 0.220 e. The summed E-state index contributed by atoms with van der Waals surface area (Å²) in [7, 11) is 0. The molecule has 2 N–H and O–H groups in total. The van der Waals surface area contributed by atoms with E-state index in [9.17, 15) is 19.2 Å². The van der Waals surface area contributed by atoms with Gasteiger partial charge in [0.05, 0.1) is 6.61 Å². The van der Waals surface area contributed by atoms with Gasteiger partial charge in [-0.1, -0.05) is 13.8 Å². The van der Waals surface area contributed by atoms with E-state index < -0.39 is 0 Å². The van der Waals surface area contributed by atoms with Gasteiger partial charge in [0.25, 0.3) is 0 Å². The van der Waals surface area contributed by atoms with E-state index in [0.29, 0.717) is 32.7 Å². The standard InChI is InChI=1S/C17H30N2O5/c1-12(14(3)20)10-16(22)18-6-5-8-24-9-7-19-17(23)11-13(2)15(4)21/h12-13H,5-11H2,1-4H3,(H,18,22)(H,19,23). The molecule has 2 unspecified atom stereocenters. The number of hydrogen-bond donors (Lipinski definition) is 2. The molecule has 138 valence electrons. The van der Waals surface area contributed by atoms with Crippen molar-refractivity contribution in [2.45, 2.75) is 47.0 Å². The van der Waals surface area contributed by atoms with Crippen LogP contribution < -0.4 is 10.6 Å². The summed E-state index contributed by atoms with van der Waals surface area (Å²) < 4.78 is 5.35. The Kier molecular flexibility index (Phi) is 11.7. The molecular formula is C17H30N2O5. The fourth-order valence-corrected chi connectivity index (χ4v) is 1.75. The van der Waals surface area contributed by atoms with Gasteiger partial charge in [-0.2, -0.15) is 0 Å². The minimum atomic E-state index is -0.264. The molecule has 0 saturated carbocycles. The lowest BCUT2D eigenvalue weighted by molar-refractivity contribution is -0.127. The maximum absolute atomic E-state index is 11.5. The molecule has 2 amide bonds. The molecule has 0 aromatic carbocycles. The van der Waals surface area contributed by atoms with Crippen LogP contribution >= 0.6 is 0 Å². The summed E-state index contributed by atoms with van der Waals surface area (Å²) in [4.78, 5) is 45.1.